The van der Waals surface area contributed by atoms with E-state index >= 15 is 0 Å². The van der Waals surface area contributed by atoms with E-state index in [0.29, 0.717) is 6.54 Å². The molecule has 0 aliphatic carbocycles. The molecule has 0 radical (unpaired) electrons. The quantitative estimate of drug-likeness (QED) is 0.836. The van der Waals surface area contributed by atoms with Crippen LogP contribution in [0.2, 0.25) is 0 Å². The summed E-state index contributed by atoms with van der Waals surface area (Å²) in [5.41, 5.74) is -0.438. The van der Waals surface area contributed by atoms with E-state index < -0.39 is 29.8 Å². The second-order valence-electron chi connectivity index (χ2n) is 4.52. The van der Waals surface area contributed by atoms with Crippen molar-refractivity contribution in [2.45, 2.75) is 25.1 Å². The fourth-order valence-corrected chi connectivity index (χ4v) is 1.62. The second kappa shape index (κ2) is 6.47. The number of halogens is 5. The topological polar surface area (TPSA) is 52.6 Å². The molecule has 0 fully saturated rings. The Hall–Kier alpha value is -1.90. The van der Waals surface area contributed by atoms with E-state index in [2.05, 4.69) is 5.32 Å². The van der Waals surface area contributed by atoms with Gasteiger partial charge in [-0.15, -0.1) is 0 Å². The van der Waals surface area contributed by atoms with Crippen LogP contribution in [0.15, 0.2) is 24.3 Å². The number of nitrogens with one attached hydrogen (secondary N) is 1. The van der Waals surface area contributed by atoms with Crippen molar-refractivity contribution in [3.05, 3.63) is 29.8 Å². The minimum absolute atomic E-state index is 0.260. The minimum Gasteiger partial charge on any atom is -0.352 e. The Kier molecular flexibility index (Phi) is 5.34. The van der Waals surface area contributed by atoms with Crippen LogP contribution >= 0.6 is 0 Å². The van der Waals surface area contributed by atoms with Gasteiger partial charge in [0.1, 0.15) is 0 Å². The number of carbonyl (C=O) groups is 1. The van der Waals surface area contributed by atoms with Crippen LogP contribution in [-0.2, 0) is 0 Å². The number of hydrogen-bond acceptors (Lipinski definition) is 2. The van der Waals surface area contributed by atoms with Gasteiger partial charge in [-0.25, -0.2) is 9.18 Å². The first kappa shape index (κ1) is 18.1. The minimum atomic E-state index is -5.76. The average molecular weight is 326 g/mol. The number of amides is 2. The van der Waals surface area contributed by atoms with Gasteiger partial charge in [0.15, 0.2) is 6.17 Å². The lowest BCUT2D eigenvalue weighted by atomic mass is 10.0. The van der Waals surface area contributed by atoms with Crippen LogP contribution in [0.5, 0.6) is 0 Å². The predicted molar refractivity (Wildman–Crippen MR) is 69.9 cm³/mol. The van der Waals surface area contributed by atoms with E-state index in [1.54, 1.807) is 6.92 Å². The number of aliphatic hydroxyl groups is 1. The average Bonchev–Trinajstić information content (AvgIpc) is 2.45. The molecule has 0 aliphatic heterocycles. The second-order valence-corrected chi connectivity index (χ2v) is 4.52. The van der Waals surface area contributed by atoms with Crippen molar-refractivity contribution in [1.29, 1.82) is 0 Å². The number of hydrogen-bond donors (Lipinski definition) is 2. The summed E-state index contributed by atoms with van der Waals surface area (Å²) in [5.74, 6) is -4.99. The van der Waals surface area contributed by atoms with E-state index in [0.717, 1.165) is 29.2 Å². The van der Waals surface area contributed by atoms with Crippen LogP contribution < -0.4 is 10.2 Å². The smallest absolute Gasteiger partial charge is 0.352 e. The Morgan fingerprint density at radius 1 is 1.27 bits per heavy atom. The number of benzene rings is 1. The lowest BCUT2D eigenvalue weighted by Crippen LogP contribution is -2.44. The summed E-state index contributed by atoms with van der Waals surface area (Å²) < 4.78 is 63.5. The van der Waals surface area contributed by atoms with Gasteiger partial charge in [-0.05, 0) is 24.6 Å². The SMILES string of the molecule is CCNC(=O)N(C)c1ccc(C(F)C(O)(F)C(F)(F)F)cc1. The number of urea groups is 1. The Morgan fingerprint density at radius 2 is 1.77 bits per heavy atom. The summed E-state index contributed by atoms with van der Waals surface area (Å²) in [4.78, 5) is 12.7. The van der Waals surface area contributed by atoms with Crippen molar-refractivity contribution in [3.8, 4) is 0 Å². The maximum atomic E-state index is 13.6. The van der Waals surface area contributed by atoms with Crippen molar-refractivity contribution in [2.75, 3.05) is 18.5 Å². The van der Waals surface area contributed by atoms with Crippen molar-refractivity contribution < 1.29 is 31.9 Å². The van der Waals surface area contributed by atoms with Gasteiger partial charge in [0, 0.05) is 19.3 Å². The Morgan fingerprint density at radius 3 is 2.18 bits per heavy atom. The van der Waals surface area contributed by atoms with E-state index in [1.807, 2.05) is 0 Å². The standard InChI is InChI=1S/C13H15F5N2O2/c1-3-19-11(21)20(2)9-6-4-8(5-7-9)10(14)12(15,22)13(16,17)18/h4-7,10,22H,3H2,1-2H3,(H,19,21). The van der Waals surface area contributed by atoms with Gasteiger partial charge in [-0.2, -0.15) is 17.6 Å². The van der Waals surface area contributed by atoms with Crippen LogP contribution in [0, 0.1) is 0 Å². The molecule has 1 rings (SSSR count). The number of alkyl halides is 5. The Labute approximate surface area is 123 Å². The molecule has 9 heteroatoms. The first-order valence-electron chi connectivity index (χ1n) is 6.26. The van der Waals surface area contributed by atoms with Crippen LogP contribution in [0.1, 0.15) is 18.7 Å². The summed E-state index contributed by atoms with van der Waals surface area (Å²) in [7, 11) is 1.40. The highest BCUT2D eigenvalue weighted by atomic mass is 19.4. The monoisotopic (exact) mass is 326 g/mol. The molecule has 1 aromatic carbocycles. The van der Waals surface area contributed by atoms with Crippen LogP contribution in [0.4, 0.5) is 32.4 Å². The van der Waals surface area contributed by atoms with Crippen molar-refractivity contribution >= 4 is 11.7 Å². The maximum absolute atomic E-state index is 13.6. The van der Waals surface area contributed by atoms with Crippen molar-refractivity contribution in [3.63, 3.8) is 0 Å². The molecular weight excluding hydrogens is 311 g/mol. The van der Waals surface area contributed by atoms with Crippen LogP contribution in [-0.4, -0.2) is 36.8 Å². The molecule has 0 aliphatic rings. The number of rotatable bonds is 4. The summed E-state index contributed by atoms with van der Waals surface area (Å²) in [6, 6.07) is 3.55. The van der Waals surface area contributed by atoms with E-state index in [4.69, 9.17) is 5.11 Å². The molecule has 4 nitrogen and oxygen atoms in total. The highest BCUT2D eigenvalue weighted by molar-refractivity contribution is 5.91. The molecule has 0 saturated heterocycles. The predicted octanol–water partition coefficient (Wildman–Crippen LogP) is 3.08. The molecule has 124 valence electrons. The van der Waals surface area contributed by atoms with Crippen molar-refractivity contribution in [2.24, 2.45) is 0 Å². The third-order valence-corrected chi connectivity index (χ3v) is 2.94. The normalized spacial score (nSPS) is 15.8. The van der Waals surface area contributed by atoms with Gasteiger partial charge in [0.25, 0.3) is 0 Å². The van der Waals surface area contributed by atoms with Crippen LogP contribution in [0.25, 0.3) is 0 Å². The number of carbonyl (C=O) groups excluding carboxylic acids is 1. The van der Waals surface area contributed by atoms with Gasteiger partial charge in [-0.3, -0.25) is 4.90 Å². The molecular formula is C13H15F5N2O2. The maximum Gasteiger partial charge on any atom is 0.451 e. The molecule has 2 amide bonds. The molecule has 0 bridgehead atoms. The van der Waals surface area contributed by atoms with E-state index in [-0.39, 0.29) is 5.69 Å². The zero-order chi connectivity index (χ0) is 17.1. The van der Waals surface area contributed by atoms with Gasteiger partial charge >= 0.3 is 18.1 Å². The molecule has 22 heavy (non-hydrogen) atoms. The van der Waals surface area contributed by atoms with E-state index in [1.165, 1.54) is 7.05 Å². The Bertz CT molecular complexity index is 516. The molecule has 0 saturated carbocycles. The van der Waals surface area contributed by atoms with Gasteiger partial charge in [0.2, 0.25) is 0 Å². The first-order chi connectivity index (χ1) is 10.0. The van der Waals surface area contributed by atoms with Gasteiger partial charge < -0.3 is 10.4 Å². The Balaban J connectivity index is 2.96. The summed E-state index contributed by atoms with van der Waals surface area (Å²) in [6.45, 7) is 2.07. The first-order valence-corrected chi connectivity index (χ1v) is 6.26. The fraction of sp³-hybridized carbons (Fsp3) is 0.462. The molecule has 1 aromatic rings. The molecule has 0 heterocycles. The van der Waals surface area contributed by atoms with Gasteiger partial charge in [-0.1, -0.05) is 12.1 Å². The third kappa shape index (κ3) is 3.65. The number of anilines is 1. The largest absolute Gasteiger partial charge is 0.451 e. The van der Waals surface area contributed by atoms with Crippen molar-refractivity contribution in [1.82, 2.24) is 5.32 Å². The lowest BCUT2D eigenvalue weighted by molar-refractivity contribution is -0.338. The highest BCUT2D eigenvalue weighted by Crippen LogP contribution is 2.43. The molecule has 0 spiro atoms. The summed E-state index contributed by atoms with van der Waals surface area (Å²) >= 11 is 0. The lowest BCUT2D eigenvalue weighted by Gasteiger charge is -2.26. The zero-order valence-corrected chi connectivity index (χ0v) is 11.8. The van der Waals surface area contributed by atoms with E-state index in [9.17, 15) is 26.7 Å². The molecule has 2 N–H and O–H groups in total. The number of nitrogens with zero attached hydrogens (tertiary/aromatic N) is 1. The molecule has 2 atom stereocenters. The fourth-order valence-electron chi connectivity index (χ4n) is 1.62. The molecule has 0 aromatic heterocycles. The summed E-state index contributed by atoms with van der Waals surface area (Å²) in [6.07, 6.45) is -9.06. The van der Waals surface area contributed by atoms with Crippen LogP contribution in [0.3, 0.4) is 0 Å². The zero-order valence-electron chi connectivity index (χ0n) is 11.8. The highest BCUT2D eigenvalue weighted by Gasteiger charge is 2.61. The summed E-state index contributed by atoms with van der Waals surface area (Å²) in [5, 5.41) is 11.2. The molecule has 2 unspecified atom stereocenters. The third-order valence-electron chi connectivity index (χ3n) is 2.94. The van der Waals surface area contributed by atoms with Gasteiger partial charge in [0.05, 0.1) is 0 Å².